The lowest BCUT2D eigenvalue weighted by Crippen LogP contribution is -2.66. The van der Waals surface area contributed by atoms with Crippen LogP contribution in [0.3, 0.4) is 0 Å². The van der Waals surface area contributed by atoms with Gasteiger partial charge in [0.1, 0.15) is 0 Å². The van der Waals surface area contributed by atoms with Gasteiger partial charge in [0.15, 0.2) is 0 Å². The Kier molecular flexibility index (Phi) is 5.58. The third kappa shape index (κ3) is 3.13. The Bertz CT molecular complexity index is 395. The summed E-state index contributed by atoms with van der Waals surface area (Å²) in [6.45, 7) is 3.37. The Morgan fingerprint density at radius 2 is 1.30 bits per heavy atom. The fraction of sp³-hybridized carbons (Fsp3) is 1.00. The molecule has 0 aromatic rings. The van der Waals surface area contributed by atoms with Gasteiger partial charge in [-0.15, -0.1) is 0 Å². The minimum Gasteiger partial charge on any atom is -0.349 e. The van der Waals surface area contributed by atoms with Gasteiger partial charge in [-0.25, -0.2) is 0 Å². The smallest absolute Gasteiger partial charge is 0.220 e. The molecule has 1 rings (SSSR count). The summed E-state index contributed by atoms with van der Waals surface area (Å²) < 4.78 is 22.3. The highest BCUT2D eigenvalue weighted by molar-refractivity contribution is 4.92. The van der Waals surface area contributed by atoms with Gasteiger partial charge >= 0.3 is 0 Å². The second-order valence-electron chi connectivity index (χ2n) is 4.44. The number of rotatable bonds is 6. The van der Waals surface area contributed by atoms with Gasteiger partial charge in [-0.1, -0.05) is 10.2 Å². The second kappa shape index (κ2) is 6.76. The molecule has 1 saturated heterocycles. The first kappa shape index (κ1) is 16.5. The van der Waals surface area contributed by atoms with Gasteiger partial charge in [0.2, 0.25) is 11.6 Å². The SMILES string of the molecule is COC1(C)O[C@@H](CN=[N+]=[N-])[C@H](CN=[N+]=[N-])O[C@@]1(C)OC. The van der Waals surface area contributed by atoms with E-state index in [0.29, 0.717) is 0 Å². The number of ether oxygens (including phenoxy) is 4. The lowest BCUT2D eigenvalue weighted by Gasteiger charge is -2.51. The van der Waals surface area contributed by atoms with Gasteiger partial charge in [-0.05, 0) is 24.9 Å². The molecule has 1 unspecified atom stereocenters. The molecule has 0 saturated carbocycles. The molecule has 4 atom stereocenters. The predicted molar refractivity (Wildman–Crippen MR) is 68.6 cm³/mol. The third-order valence-corrected chi connectivity index (χ3v) is 3.42. The van der Waals surface area contributed by atoms with Crippen LogP contribution in [0, 0.1) is 0 Å². The number of hydrogen-bond donors (Lipinski definition) is 0. The van der Waals surface area contributed by atoms with E-state index >= 15 is 0 Å². The lowest BCUT2D eigenvalue weighted by molar-refractivity contribution is -0.445. The fourth-order valence-corrected chi connectivity index (χ4v) is 1.95. The Balaban J connectivity index is 3.03. The molecule has 20 heavy (non-hydrogen) atoms. The molecule has 0 N–H and O–H groups in total. The first-order valence-electron chi connectivity index (χ1n) is 5.94. The molecular formula is C10H18N6O4. The van der Waals surface area contributed by atoms with Gasteiger partial charge < -0.3 is 18.9 Å². The van der Waals surface area contributed by atoms with Crippen molar-refractivity contribution in [1.29, 1.82) is 0 Å². The van der Waals surface area contributed by atoms with Crippen LogP contribution in [-0.2, 0) is 18.9 Å². The van der Waals surface area contributed by atoms with E-state index in [1.807, 2.05) is 0 Å². The quantitative estimate of drug-likeness (QED) is 0.419. The van der Waals surface area contributed by atoms with Crippen LogP contribution in [0.1, 0.15) is 13.8 Å². The topological polar surface area (TPSA) is 134 Å². The van der Waals surface area contributed by atoms with Crippen LogP contribution in [0.5, 0.6) is 0 Å². The first-order valence-corrected chi connectivity index (χ1v) is 5.94. The van der Waals surface area contributed by atoms with Crippen LogP contribution < -0.4 is 0 Å². The molecule has 10 nitrogen and oxygen atoms in total. The standard InChI is InChI=1S/C10H18N6O4/c1-9(17-3)10(2,18-4)20-8(6-14-16-12)7(19-9)5-13-15-11/h7-8H,5-6H2,1-4H3/t7-,8-,9+,10?/m0/s1. The van der Waals surface area contributed by atoms with Crippen LogP contribution in [0.25, 0.3) is 20.9 Å². The Morgan fingerprint density at radius 1 is 0.950 bits per heavy atom. The molecule has 0 aliphatic carbocycles. The maximum absolute atomic E-state index is 8.42. The second-order valence-corrected chi connectivity index (χ2v) is 4.44. The maximum atomic E-state index is 8.42. The number of nitrogens with zero attached hydrogens (tertiary/aromatic N) is 6. The van der Waals surface area contributed by atoms with Gasteiger partial charge in [-0.2, -0.15) is 0 Å². The van der Waals surface area contributed by atoms with Crippen molar-refractivity contribution in [3.8, 4) is 0 Å². The van der Waals surface area contributed by atoms with Gasteiger partial charge in [0, 0.05) is 24.0 Å². The third-order valence-electron chi connectivity index (χ3n) is 3.42. The minimum absolute atomic E-state index is 0.0286. The molecule has 1 aliphatic rings. The van der Waals surface area contributed by atoms with E-state index in [0.717, 1.165) is 0 Å². The first-order chi connectivity index (χ1) is 9.46. The van der Waals surface area contributed by atoms with Crippen molar-refractivity contribution in [1.82, 2.24) is 0 Å². The fourth-order valence-electron chi connectivity index (χ4n) is 1.95. The number of azide groups is 2. The Hall–Kier alpha value is -1.54. The summed E-state index contributed by atoms with van der Waals surface area (Å²) in [4.78, 5) is 5.38. The van der Waals surface area contributed by atoms with Crippen molar-refractivity contribution in [2.75, 3.05) is 27.3 Å². The van der Waals surface area contributed by atoms with Gasteiger partial charge in [0.25, 0.3) is 0 Å². The molecule has 1 aliphatic heterocycles. The van der Waals surface area contributed by atoms with Crippen molar-refractivity contribution < 1.29 is 18.9 Å². The van der Waals surface area contributed by atoms with E-state index in [-0.39, 0.29) is 13.1 Å². The molecule has 112 valence electrons. The van der Waals surface area contributed by atoms with Crippen molar-refractivity contribution in [2.24, 2.45) is 10.2 Å². The van der Waals surface area contributed by atoms with Crippen LogP contribution in [0.2, 0.25) is 0 Å². The molecule has 0 spiro atoms. The predicted octanol–water partition coefficient (Wildman–Crippen LogP) is 2.12. The summed E-state index contributed by atoms with van der Waals surface area (Å²) in [5, 5.41) is 6.94. The highest BCUT2D eigenvalue weighted by Crippen LogP contribution is 2.39. The van der Waals surface area contributed by atoms with Crippen LogP contribution in [0.4, 0.5) is 0 Å². The molecule has 0 amide bonds. The van der Waals surface area contributed by atoms with Crippen LogP contribution in [0.15, 0.2) is 10.2 Å². The monoisotopic (exact) mass is 286 g/mol. The molecule has 0 radical (unpaired) electrons. The highest BCUT2D eigenvalue weighted by atomic mass is 16.8. The Morgan fingerprint density at radius 3 is 1.55 bits per heavy atom. The van der Waals surface area contributed by atoms with Crippen LogP contribution >= 0.6 is 0 Å². The molecule has 10 heteroatoms. The summed E-state index contributed by atoms with van der Waals surface area (Å²) in [7, 11) is 2.91. The van der Waals surface area contributed by atoms with Crippen molar-refractivity contribution in [3.05, 3.63) is 20.9 Å². The van der Waals surface area contributed by atoms with Crippen LogP contribution in [-0.4, -0.2) is 51.1 Å². The average Bonchev–Trinajstić information content (AvgIpc) is 2.46. The summed E-state index contributed by atoms with van der Waals surface area (Å²) >= 11 is 0. The van der Waals surface area contributed by atoms with Gasteiger partial charge in [-0.3, -0.25) is 0 Å². The van der Waals surface area contributed by atoms with E-state index in [4.69, 9.17) is 30.0 Å². The zero-order chi connectivity index (χ0) is 15.2. The summed E-state index contributed by atoms with van der Waals surface area (Å²) in [5.41, 5.74) is 16.8. The van der Waals surface area contributed by atoms with E-state index < -0.39 is 23.8 Å². The molecular weight excluding hydrogens is 268 g/mol. The van der Waals surface area contributed by atoms with Gasteiger partial charge in [0.05, 0.1) is 25.3 Å². The number of hydrogen-bond acceptors (Lipinski definition) is 6. The van der Waals surface area contributed by atoms with E-state index in [1.165, 1.54) is 14.2 Å². The zero-order valence-electron chi connectivity index (χ0n) is 11.9. The molecule has 0 bridgehead atoms. The van der Waals surface area contributed by atoms with E-state index in [2.05, 4.69) is 20.1 Å². The number of methoxy groups -OCH3 is 2. The highest BCUT2D eigenvalue weighted by Gasteiger charge is 2.56. The molecule has 1 fully saturated rings. The normalized spacial score (nSPS) is 36.8. The largest absolute Gasteiger partial charge is 0.349 e. The minimum atomic E-state index is -1.19. The summed E-state index contributed by atoms with van der Waals surface area (Å²) in [6, 6.07) is 0. The molecule has 1 heterocycles. The zero-order valence-corrected chi connectivity index (χ0v) is 11.9. The van der Waals surface area contributed by atoms with Crippen molar-refractivity contribution in [2.45, 2.75) is 37.6 Å². The van der Waals surface area contributed by atoms with E-state index in [1.54, 1.807) is 13.8 Å². The molecule has 0 aromatic heterocycles. The average molecular weight is 286 g/mol. The summed E-state index contributed by atoms with van der Waals surface area (Å²) in [6.07, 6.45) is -1.21. The van der Waals surface area contributed by atoms with Crippen molar-refractivity contribution in [3.63, 3.8) is 0 Å². The Labute approximate surface area is 116 Å². The van der Waals surface area contributed by atoms with E-state index in [9.17, 15) is 0 Å². The maximum Gasteiger partial charge on any atom is 0.220 e. The summed E-state index contributed by atoms with van der Waals surface area (Å²) in [5.74, 6) is -2.38. The molecule has 0 aromatic carbocycles. The van der Waals surface area contributed by atoms with Crippen molar-refractivity contribution >= 4 is 0 Å². The lowest BCUT2D eigenvalue weighted by atomic mass is 10.0.